The van der Waals surface area contributed by atoms with Gasteiger partial charge >= 0.3 is 5.97 Å². The number of nitrogens with one attached hydrogen (secondary N) is 1. The molecule has 116 valence electrons. The Hall–Kier alpha value is -1.30. The molecular weight excluding hydrogens is 336 g/mol. The number of hydrogen-bond donors (Lipinski definition) is 1. The molecule has 1 saturated carbocycles. The predicted molar refractivity (Wildman–Crippen MR) is 83.2 cm³/mol. The maximum Gasteiger partial charge on any atom is 0.331 e. The van der Waals surface area contributed by atoms with Crippen molar-refractivity contribution in [2.45, 2.75) is 51.1 Å². The first kappa shape index (κ1) is 16.1. The average molecular weight is 357 g/mol. The molecule has 1 atom stereocenters. The lowest BCUT2D eigenvalue weighted by molar-refractivity contribution is -0.147. The van der Waals surface area contributed by atoms with E-state index in [0.29, 0.717) is 18.2 Å². The van der Waals surface area contributed by atoms with Crippen molar-refractivity contribution in [1.82, 2.24) is 9.88 Å². The number of carbonyl (C=O) groups is 2. The zero-order chi connectivity index (χ0) is 15.6. The maximum absolute atomic E-state index is 12.6. The van der Waals surface area contributed by atoms with Gasteiger partial charge in [-0.1, -0.05) is 13.3 Å². The molecule has 1 N–H and O–H groups in total. The Labute approximate surface area is 133 Å². The molecule has 1 fully saturated rings. The van der Waals surface area contributed by atoms with Crippen molar-refractivity contribution < 1.29 is 14.3 Å². The first-order valence-corrected chi connectivity index (χ1v) is 7.99. The standard InChI is InChI=1S/C15H21BrN2O3/c1-4-7-15(2,14(20)21-3)17-13(19)12-8-10(16)9-18(12)11-5-6-11/h8-9,11H,4-7H2,1-3H3,(H,17,19). The number of esters is 1. The van der Waals surface area contributed by atoms with E-state index in [-0.39, 0.29) is 5.91 Å². The molecule has 1 amide bonds. The lowest BCUT2D eigenvalue weighted by Crippen LogP contribution is -2.53. The summed E-state index contributed by atoms with van der Waals surface area (Å²) in [4.78, 5) is 24.5. The van der Waals surface area contributed by atoms with Gasteiger partial charge in [0.1, 0.15) is 11.2 Å². The molecule has 0 bridgehead atoms. The molecule has 21 heavy (non-hydrogen) atoms. The van der Waals surface area contributed by atoms with Crippen molar-refractivity contribution in [3.8, 4) is 0 Å². The van der Waals surface area contributed by atoms with Crippen LogP contribution < -0.4 is 5.32 Å². The van der Waals surface area contributed by atoms with Crippen LogP contribution in [0.2, 0.25) is 0 Å². The van der Waals surface area contributed by atoms with Gasteiger partial charge in [-0.05, 0) is 48.2 Å². The van der Waals surface area contributed by atoms with Gasteiger partial charge in [-0.25, -0.2) is 4.79 Å². The summed E-state index contributed by atoms with van der Waals surface area (Å²) >= 11 is 3.41. The summed E-state index contributed by atoms with van der Waals surface area (Å²) in [7, 11) is 1.34. The second-order valence-electron chi connectivity index (χ2n) is 5.71. The lowest BCUT2D eigenvalue weighted by atomic mass is 9.96. The molecule has 5 nitrogen and oxygen atoms in total. The van der Waals surface area contributed by atoms with Crippen LogP contribution in [0.4, 0.5) is 0 Å². The Kier molecular flexibility index (Phi) is 4.76. The molecule has 1 aromatic rings. The van der Waals surface area contributed by atoms with Crippen molar-refractivity contribution in [2.24, 2.45) is 0 Å². The molecule has 1 aromatic heterocycles. The topological polar surface area (TPSA) is 60.3 Å². The van der Waals surface area contributed by atoms with E-state index in [0.717, 1.165) is 23.7 Å². The third kappa shape index (κ3) is 3.48. The third-order valence-corrected chi connectivity index (χ3v) is 4.20. The Balaban J connectivity index is 2.21. The molecule has 6 heteroatoms. The molecule has 0 spiro atoms. The number of ether oxygens (including phenoxy) is 1. The smallest absolute Gasteiger partial charge is 0.331 e. The van der Waals surface area contributed by atoms with Gasteiger partial charge in [0, 0.05) is 16.7 Å². The van der Waals surface area contributed by atoms with E-state index < -0.39 is 11.5 Å². The molecule has 0 aromatic carbocycles. The maximum atomic E-state index is 12.6. The molecule has 2 rings (SSSR count). The highest BCUT2D eigenvalue weighted by Gasteiger charge is 2.37. The summed E-state index contributed by atoms with van der Waals surface area (Å²) in [5.41, 5.74) is -0.415. The quantitative estimate of drug-likeness (QED) is 0.796. The molecule has 0 saturated heterocycles. The van der Waals surface area contributed by atoms with Crippen molar-refractivity contribution in [3.05, 3.63) is 22.4 Å². The van der Waals surface area contributed by atoms with Gasteiger partial charge in [0.2, 0.25) is 0 Å². The number of amides is 1. The van der Waals surface area contributed by atoms with Gasteiger partial charge in [-0.15, -0.1) is 0 Å². The first-order valence-electron chi connectivity index (χ1n) is 7.19. The molecule has 0 aliphatic heterocycles. The molecular formula is C15H21BrN2O3. The summed E-state index contributed by atoms with van der Waals surface area (Å²) < 4.78 is 7.68. The Bertz CT molecular complexity index is 551. The molecule has 0 radical (unpaired) electrons. The fourth-order valence-corrected chi connectivity index (χ4v) is 2.98. The number of methoxy groups -OCH3 is 1. The highest BCUT2D eigenvalue weighted by Crippen LogP contribution is 2.37. The zero-order valence-electron chi connectivity index (χ0n) is 12.6. The molecule has 1 aliphatic carbocycles. The third-order valence-electron chi connectivity index (χ3n) is 3.76. The summed E-state index contributed by atoms with van der Waals surface area (Å²) in [6.07, 6.45) is 5.41. The van der Waals surface area contributed by atoms with Crippen molar-refractivity contribution in [2.75, 3.05) is 7.11 Å². The minimum absolute atomic E-state index is 0.242. The van der Waals surface area contributed by atoms with E-state index >= 15 is 0 Å². The largest absolute Gasteiger partial charge is 0.467 e. The fraction of sp³-hybridized carbons (Fsp3) is 0.600. The summed E-state index contributed by atoms with van der Waals surface area (Å²) in [6, 6.07) is 2.18. The van der Waals surface area contributed by atoms with E-state index in [1.807, 2.05) is 17.7 Å². The van der Waals surface area contributed by atoms with Crippen LogP contribution in [-0.2, 0) is 9.53 Å². The van der Waals surface area contributed by atoms with Gasteiger partial charge in [0.05, 0.1) is 7.11 Å². The van der Waals surface area contributed by atoms with Crippen LogP contribution in [0.25, 0.3) is 0 Å². The van der Waals surface area contributed by atoms with Crippen molar-refractivity contribution >= 4 is 27.8 Å². The van der Waals surface area contributed by atoms with Crippen LogP contribution in [0.3, 0.4) is 0 Å². The monoisotopic (exact) mass is 356 g/mol. The molecule has 1 unspecified atom stereocenters. The number of rotatable bonds is 6. The van der Waals surface area contributed by atoms with Gasteiger partial charge in [-0.3, -0.25) is 4.79 Å². The molecule has 1 heterocycles. The van der Waals surface area contributed by atoms with Crippen LogP contribution in [-0.4, -0.2) is 29.1 Å². The van der Waals surface area contributed by atoms with Crippen molar-refractivity contribution in [1.29, 1.82) is 0 Å². The SMILES string of the molecule is CCCC(C)(NC(=O)c1cc(Br)cn1C1CC1)C(=O)OC. The second-order valence-corrected chi connectivity index (χ2v) is 6.63. The minimum Gasteiger partial charge on any atom is -0.467 e. The number of halogens is 1. The Morgan fingerprint density at radius 1 is 1.52 bits per heavy atom. The van der Waals surface area contributed by atoms with Crippen LogP contribution in [0.15, 0.2) is 16.7 Å². The highest BCUT2D eigenvalue weighted by atomic mass is 79.9. The minimum atomic E-state index is -0.994. The number of nitrogens with zero attached hydrogens (tertiary/aromatic N) is 1. The van der Waals surface area contributed by atoms with Crippen molar-refractivity contribution in [3.63, 3.8) is 0 Å². The van der Waals surface area contributed by atoms with Crippen LogP contribution >= 0.6 is 15.9 Å². The van der Waals surface area contributed by atoms with E-state index in [2.05, 4.69) is 21.2 Å². The van der Waals surface area contributed by atoms with Gasteiger partial charge < -0.3 is 14.6 Å². The first-order chi connectivity index (χ1) is 9.91. The number of aromatic nitrogens is 1. The average Bonchev–Trinajstić information content (AvgIpc) is 3.20. The summed E-state index contributed by atoms with van der Waals surface area (Å²) in [5, 5.41) is 2.84. The lowest BCUT2D eigenvalue weighted by Gasteiger charge is -2.27. The van der Waals surface area contributed by atoms with Gasteiger partial charge in [0.15, 0.2) is 0 Å². The van der Waals surface area contributed by atoms with Gasteiger partial charge in [0.25, 0.3) is 5.91 Å². The number of carbonyl (C=O) groups excluding carboxylic acids is 2. The Morgan fingerprint density at radius 3 is 2.71 bits per heavy atom. The number of hydrogen-bond acceptors (Lipinski definition) is 3. The van der Waals surface area contributed by atoms with Gasteiger partial charge in [-0.2, -0.15) is 0 Å². The van der Waals surface area contributed by atoms with E-state index in [9.17, 15) is 9.59 Å². The summed E-state index contributed by atoms with van der Waals surface area (Å²) in [5.74, 6) is -0.657. The highest BCUT2D eigenvalue weighted by molar-refractivity contribution is 9.10. The zero-order valence-corrected chi connectivity index (χ0v) is 14.2. The van der Waals surface area contributed by atoms with Crippen LogP contribution in [0, 0.1) is 0 Å². The normalized spacial score (nSPS) is 17.1. The van der Waals surface area contributed by atoms with Crippen LogP contribution in [0.5, 0.6) is 0 Å². The predicted octanol–water partition coefficient (Wildman–Crippen LogP) is 3.05. The van der Waals surface area contributed by atoms with Crippen LogP contribution in [0.1, 0.15) is 56.1 Å². The Morgan fingerprint density at radius 2 is 2.19 bits per heavy atom. The molecule has 1 aliphatic rings. The summed E-state index contributed by atoms with van der Waals surface area (Å²) in [6.45, 7) is 3.68. The fourth-order valence-electron chi connectivity index (χ4n) is 2.54. The van der Waals surface area contributed by atoms with E-state index in [4.69, 9.17) is 4.74 Å². The second kappa shape index (κ2) is 6.22. The van der Waals surface area contributed by atoms with E-state index in [1.165, 1.54) is 7.11 Å². The van der Waals surface area contributed by atoms with E-state index in [1.54, 1.807) is 13.0 Å².